The predicted octanol–water partition coefficient (Wildman–Crippen LogP) is 0.00800. The van der Waals surface area contributed by atoms with Gasteiger partial charge in [-0.1, -0.05) is 0 Å². The SMILES string of the molecule is CN1CCC(N(C)C(=O)c2cn(CCN)cn2)CC1. The van der Waals surface area contributed by atoms with Crippen molar-refractivity contribution in [1.29, 1.82) is 0 Å². The molecule has 2 rings (SSSR count). The van der Waals surface area contributed by atoms with E-state index < -0.39 is 0 Å². The van der Waals surface area contributed by atoms with E-state index in [1.165, 1.54) is 0 Å². The lowest BCUT2D eigenvalue weighted by molar-refractivity contribution is 0.0654. The van der Waals surface area contributed by atoms with Gasteiger partial charge in [-0.25, -0.2) is 4.98 Å². The highest BCUT2D eigenvalue weighted by atomic mass is 16.2. The zero-order chi connectivity index (χ0) is 13.8. The molecule has 1 aromatic rings. The molecule has 1 aliphatic heterocycles. The van der Waals surface area contributed by atoms with Crippen LogP contribution in [-0.4, -0.2) is 65.0 Å². The van der Waals surface area contributed by atoms with Gasteiger partial charge in [0.25, 0.3) is 5.91 Å². The first-order valence-corrected chi connectivity index (χ1v) is 6.79. The Bertz CT molecular complexity index is 422. The summed E-state index contributed by atoms with van der Waals surface area (Å²) in [7, 11) is 3.99. The van der Waals surface area contributed by atoms with E-state index in [1.807, 2.05) is 16.5 Å². The van der Waals surface area contributed by atoms with Gasteiger partial charge in [-0.15, -0.1) is 0 Å². The van der Waals surface area contributed by atoms with Crippen molar-refractivity contribution >= 4 is 5.91 Å². The zero-order valence-corrected chi connectivity index (χ0v) is 11.7. The molecule has 0 bridgehead atoms. The Morgan fingerprint density at radius 2 is 2.21 bits per heavy atom. The summed E-state index contributed by atoms with van der Waals surface area (Å²) in [5.74, 6) is 0.00493. The minimum Gasteiger partial charge on any atom is -0.337 e. The summed E-state index contributed by atoms with van der Waals surface area (Å²) in [6.45, 7) is 3.33. The molecular weight excluding hydrogens is 242 g/mol. The van der Waals surface area contributed by atoms with Gasteiger partial charge < -0.3 is 20.1 Å². The fourth-order valence-electron chi connectivity index (χ4n) is 2.47. The first-order valence-electron chi connectivity index (χ1n) is 6.79. The number of aromatic nitrogens is 2. The molecule has 0 saturated carbocycles. The summed E-state index contributed by atoms with van der Waals surface area (Å²) >= 11 is 0. The topological polar surface area (TPSA) is 67.4 Å². The Morgan fingerprint density at radius 3 is 2.84 bits per heavy atom. The maximum absolute atomic E-state index is 12.3. The standard InChI is InChI=1S/C13H23N5O/c1-16-6-3-11(4-7-16)17(2)13(19)12-9-18(8-5-14)10-15-12/h9-11H,3-8,14H2,1-2H3. The maximum Gasteiger partial charge on any atom is 0.274 e. The third kappa shape index (κ3) is 3.33. The van der Waals surface area contributed by atoms with Crippen LogP contribution in [0, 0.1) is 0 Å². The van der Waals surface area contributed by atoms with Crippen molar-refractivity contribution in [3.63, 3.8) is 0 Å². The molecule has 2 N–H and O–H groups in total. The van der Waals surface area contributed by atoms with Gasteiger partial charge in [0, 0.05) is 32.4 Å². The van der Waals surface area contributed by atoms with E-state index in [4.69, 9.17) is 5.73 Å². The number of likely N-dealkylation sites (tertiary alicyclic amines) is 1. The summed E-state index contributed by atoms with van der Waals surface area (Å²) < 4.78 is 1.86. The Balaban J connectivity index is 1.97. The number of hydrogen-bond acceptors (Lipinski definition) is 4. The van der Waals surface area contributed by atoms with E-state index in [0.29, 0.717) is 24.8 Å². The van der Waals surface area contributed by atoms with Crippen molar-refractivity contribution in [3.8, 4) is 0 Å². The largest absolute Gasteiger partial charge is 0.337 e. The quantitative estimate of drug-likeness (QED) is 0.832. The molecule has 6 heteroatoms. The molecule has 6 nitrogen and oxygen atoms in total. The molecule has 2 heterocycles. The Hall–Kier alpha value is -1.40. The highest BCUT2D eigenvalue weighted by Gasteiger charge is 2.25. The smallest absolute Gasteiger partial charge is 0.274 e. The van der Waals surface area contributed by atoms with Gasteiger partial charge in [0.2, 0.25) is 0 Å². The highest BCUT2D eigenvalue weighted by Crippen LogP contribution is 2.16. The molecule has 0 spiro atoms. The van der Waals surface area contributed by atoms with E-state index in [-0.39, 0.29) is 5.91 Å². The molecule has 0 radical (unpaired) electrons. The predicted molar refractivity (Wildman–Crippen MR) is 73.9 cm³/mol. The molecule has 0 atom stereocenters. The highest BCUT2D eigenvalue weighted by molar-refractivity contribution is 5.92. The number of carbonyl (C=O) groups excluding carboxylic acids is 1. The van der Waals surface area contributed by atoms with Crippen molar-refractivity contribution in [3.05, 3.63) is 18.2 Å². The van der Waals surface area contributed by atoms with Crippen LogP contribution in [0.25, 0.3) is 0 Å². The fraction of sp³-hybridized carbons (Fsp3) is 0.692. The van der Waals surface area contributed by atoms with E-state index in [2.05, 4.69) is 16.9 Å². The minimum atomic E-state index is 0.00493. The molecule has 1 saturated heterocycles. The van der Waals surface area contributed by atoms with E-state index in [9.17, 15) is 4.79 Å². The van der Waals surface area contributed by atoms with Crippen molar-refractivity contribution in [1.82, 2.24) is 19.4 Å². The van der Waals surface area contributed by atoms with E-state index in [0.717, 1.165) is 25.9 Å². The summed E-state index contributed by atoms with van der Waals surface area (Å²) in [6, 6.07) is 0.323. The summed E-state index contributed by atoms with van der Waals surface area (Å²) in [5, 5.41) is 0. The van der Waals surface area contributed by atoms with Crippen LogP contribution in [-0.2, 0) is 6.54 Å². The average molecular weight is 265 g/mol. The van der Waals surface area contributed by atoms with Crippen LogP contribution in [0.3, 0.4) is 0 Å². The van der Waals surface area contributed by atoms with Crippen LogP contribution >= 0.6 is 0 Å². The summed E-state index contributed by atoms with van der Waals surface area (Å²) in [5.41, 5.74) is 6.00. The maximum atomic E-state index is 12.3. The second-order valence-corrected chi connectivity index (χ2v) is 5.24. The van der Waals surface area contributed by atoms with Gasteiger partial charge in [0.1, 0.15) is 5.69 Å². The fourth-order valence-corrected chi connectivity index (χ4v) is 2.47. The summed E-state index contributed by atoms with van der Waals surface area (Å²) in [4.78, 5) is 20.7. The molecule has 19 heavy (non-hydrogen) atoms. The number of amides is 1. The molecule has 1 fully saturated rings. The number of nitrogens with zero attached hydrogens (tertiary/aromatic N) is 4. The number of imidazole rings is 1. The average Bonchev–Trinajstić information content (AvgIpc) is 2.87. The van der Waals surface area contributed by atoms with E-state index >= 15 is 0 Å². The molecule has 0 aliphatic carbocycles. The van der Waals surface area contributed by atoms with Gasteiger partial charge in [-0.3, -0.25) is 4.79 Å². The van der Waals surface area contributed by atoms with Crippen LogP contribution in [0.5, 0.6) is 0 Å². The van der Waals surface area contributed by atoms with Crippen LogP contribution < -0.4 is 5.73 Å². The second kappa shape index (κ2) is 6.16. The zero-order valence-electron chi connectivity index (χ0n) is 11.7. The number of rotatable bonds is 4. The van der Waals surface area contributed by atoms with Gasteiger partial charge >= 0.3 is 0 Å². The number of piperidine rings is 1. The van der Waals surface area contributed by atoms with Gasteiger partial charge in [0.15, 0.2) is 0 Å². The van der Waals surface area contributed by atoms with Crippen molar-refractivity contribution < 1.29 is 4.79 Å². The van der Waals surface area contributed by atoms with Gasteiger partial charge in [-0.2, -0.15) is 0 Å². The van der Waals surface area contributed by atoms with Gasteiger partial charge in [0.05, 0.1) is 6.33 Å². The number of nitrogens with two attached hydrogens (primary N) is 1. The first-order chi connectivity index (χ1) is 9.11. The molecule has 1 aliphatic rings. The lowest BCUT2D eigenvalue weighted by Crippen LogP contribution is -2.44. The van der Waals surface area contributed by atoms with E-state index in [1.54, 1.807) is 12.5 Å². The van der Waals surface area contributed by atoms with Gasteiger partial charge in [-0.05, 0) is 33.0 Å². The summed E-state index contributed by atoms with van der Waals surface area (Å²) in [6.07, 6.45) is 5.51. The van der Waals surface area contributed by atoms with Crippen molar-refractivity contribution in [2.45, 2.75) is 25.4 Å². The molecule has 1 amide bonds. The molecule has 1 aromatic heterocycles. The van der Waals surface area contributed by atoms with Crippen LogP contribution in [0.4, 0.5) is 0 Å². The molecule has 0 aromatic carbocycles. The first kappa shape index (κ1) is 14.0. The van der Waals surface area contributed by atoms with Crippen molar-refractivity contribution in [2.75, 3.05) is 33.7 Å². The lowest BCUT2D eigenvalue weighted by Gasteiger charge is -2.34. The Morgan fingerprint density at radius 1 is 1.53 bits per heavy atom. The number of carbonyl (C=O) groups is 1. The molecule has 0 unspecified atom stereocenters. The number of hydrogen-bond donors (Lipinski definition) is 1. The third-order valence-electron chi connectivity index (χ3n) is 3.80. The van der Waals surface area contributed by atoms with Crippen LogP contribution in [0.1, 0.15) is 23.3 Å². The van der Waals surface area contributed by atoms with Crippen LogP contribution in [0.15, 0.2) is 12.5 Å². The second-order valence-electron chi connectivity index (χ2n) is 5.24. The monoisotopic (exact) mass is 265 g/mol. The Labute approximate surface area is 114 Å². The third-order valence-corrected chi connectivity index (χ3v) is 3.80. The van der Waals surface area contributed by atoms with Crippen LogP contribution in [0.2, 0.25) is 0 Å². The van der Waals surface area contributed by atoms with Crippen molar-refractivity contribution in [2.24, 2.45) is 5.73 Å². The normalized spacial score (nSPS) is 17.6. The minimum absolute atomic E-state index is 0.00493. The molecule has 106 valence electrons. The Kier molecular flexibility index (Phi) is 4.55. The molecular formula is C13H23N5O. The lowest BCUT2D eigenvalue weighted by atomic mass is 10.0.